The average Bonchev–Trinajstić information content (AvgIpc) is 2.81. The highest BCUT2D eigenvalue weighted by atomic mass is 32.2. The zero-order valence-electron chi connectivity index (χ0n) is 9.21. The standard InChI is InChI=1S/C8H12N6S2/c1-4(2)6-10-8(16-13-6)15-7-12-11-5(3)14(7)9/h4H,9H2,1-3H3. The molecule has 16 heavy (non-hydrogen) atoms. The van der Waals surface area contributed by atoms with Crippen molar-refractivity contribution in [3.05, 3.63) is 11.6 Å². The van der Waals surface area contributed by atoms with E-state index < -0.39 is 0 Å². The predicted molar refractivity (Wildman–Crippen MR) is 63.0 cm³/mol. The van der Waals surface area contributed by atoms with Crippen LogP contribution in [0.1, 0.15) is 31.4 Å². The molecule has 0 fully saturated rings. The van der Waals surface area contributed by atoms with Crippen molar-refractivity contribution in [3.8, 4) is 0 Å². The molecule has 2 aromatic heterocycles. The van der Waals surface area contributed by atoms with Gasteiger partial charge in [0.2, 0.25) is 5.16 Å². The molecule has 0 atom stereocenters. The van der Waals surface area contributed by atoms with Crippen molar-refractivity contribution in [1.82, 2.24) is 24.2 Å². The topological polar surface area (TPSA) is 82.5 Å². The van der Waals surface area contributed by atoms with Crippen LogP contribution in [-0.2, 0) is 0 Å². The highest BCUT2D eigenvalue weighted by Crippen LogP contribution is 2.28. The minimum atomic E-state index is 0.336. The van der Waals surface area contributed by atoms with Crippen molar-refractivity contribution >= 4 is 23.3 Å². The fourth-order valence-corrected chi connectivity index (χ4v) is 2.64. The van der Waals surface area contributed by atoms with Gasteiger partial charge >= 0.3 is 0 Å². The van der Waals surface area contributed by atoms with E-state index in [2.05, 4.69) is 33.4 Å². The van der Waals surface area contributed by atoms with Crippen LogP contribution in [0.2, 0.25) is 0 Å². The molecule has 2 heterocycles. The third kappa shape index (κ3) is 2.17. The predicted octanol–water partition coefficient (Wildman–Crippen LogP) is 1.43. The molecule has 0 aromatic carbocycles. The van der Waals surface area contributed by atoms with Crippen LogP contribution in [0.15, 0.2) is 9.50 Å². The zero-order valence-corrected chi connectivity index (χ0v) is 10.8. The lowest BCUT2D eigenvalue weighted by atomic mass is 10.2. The van der Waals surface area contributed by atoms with Crippen molar-refractivity contribution in [2.45, 2.75) is 36.2 Å². The van der Waals surface area contributed by atoms with Crippen LogP contribution in [0, 0.1) is 6.92 Å². The van der Waals surface area contributed by atoms with Gasteiger partial charge in [-0.15, -0.1) is 10.2 Å². The summed E-state index contributed by atoms with van der Waals surface area (Å²) in [6, 6.07) is 0. The summed E-state index contributed by atoms with van der Waals surface area (Å²) in [5.74, 6) is 7.61. The molecule has 0 spiro atoms. The molecule has 0 radical (unpaired) electrons. The zero-order chi connectivity index (χ0) is 11.7. The maximum atomic E-state index is 5.74. The third-order valence-corrected chi connectivity index (χ3v) is 3.68. The molecule has 0 aliphatic rings. The van der Waals surface area contributed by atoms with Gasteiger partial charge in [0.1, 0.15) is 11.6 Å². The Labute approximate surface area is 101 Å². The van der Waals surface area contributed by atoms with E-state index in [4.69, 9.17) is 5.84 Å². The van der Waals surface area contributed by atoms with Gasteiger partial charge in [0.05, 0.1) is 0 Å². The summed E-state index contributed by atoms with van der Waals surface area (Å²) in [5, 5.41) is 8.46. The lowest BCUT2D eigenvalue weighted by Gasteiger charge is -1.97. The van der Waals surface area contributed by atoms with Crippen LogP contribution in [-0.4, -0.2) is 24.2 Å². The molecule has 0 aliphatic heterocycles. The SMILES string of the molecule is Cc1nnc(Sc2nc(C(C)C)ns2)n1N. The second-order valence-electron chi connectivity index (χ2n) is 3.58. The summed E-state index contributed by atoms with van der Waals surface area (Å²) in [5.41, 5.74) is 0. The fraction of sp³-hybridized carbons (Fsp3) is 0.500. The van der Waals surface area contributed by atoms with Gasteiger partial charge in [-0.05, 0) is 30.2 Å². The Kier molecular flexibility index (Phi) is 3.10. The molecular formula is C8H12N6S2. The number of hydrogen-bond donors (Lipinski definition) is 1. The maximum absolute atomic E-state index is 5.74. The van der Waals surface area contributed by atoms with E-state index >= 15 is 0 Å². The second-order valence-corrected chi connectivity index (χ2v) is 5.54. The molecule has 0 saturated carbocycles. The highest BCUT2D eigenvalue weighted by Gasteiger charge is 2.13. The molecule has 0 saturated heterocycles. The summed E-state index contributed by atoms with van der Waals surface area (Å²) in [7, 11) is 0. The Bertz CT molecular complexity index is 488. The molecule has 2 N–H and O–H groups in total. The van der Waals surface area contributed by atoms with Gasteiger partial charge in [0.15, 0.2) is 4.34 Å². The molecule has 8 heteroatoms. The molecule has 0 bridgehead atoms. The summed E-state index contributed by atoms with van der Waals surface area (Å²) in [6.45, 7) is 5.93. The van der Waals surface area contributed by atoms with Crippen molar-refractivity contribution < 1.29 is 0 Å². The first-order valence-corrected chi connectivity index (χ1v) is 6.35. The van der Waals surface area contributed by atoms with Crippen LogP contribution < -0.4 is 5.84 Å². The van der Waals surface area contributed by atoms with Crippen LogP contribution in [0.4, 0.5) is 0 Å². The minimum Gasteiger partial charge on any atom is -0.336 e. The van der Waals surface area contributed by atoms with E-state index in [0.717, 1.165) is 10.2 Å². The fourth-order valence-electron chi connectivity index (χ4n) is 0.994. The Balaban J connectivity index is 2.17. The van der Waals surface area contributed by atoms with Crippen molar-refractivity contribution in [2.75, 3.05) is 5.84 Å². The maximum Gasteiger partial charge on any atom is 0.216 e. The Morgan fingerprint density at radius 1 is 1.38 bits per heavy atom. The number of rotatable bonds is 3. The highest BCUT2D eigenvalue weighted by molar-refractivity contribution is 8.00. The summed E-state index contributed by atoms with van der Waals surface area (Å²) in [4.78, 5) is 4.39. The quantitative estimate of drug-likeness (QED) is 0.836. The molecule has 0 aliphatic carbocycles. The van der Waals surface area contributed by atoms with Crippen molar-refractivity contribution in [3.63, 3.8) is 0 Å². The van der Waals surface area contributed by atoms with Gasteiger partial charge in [-0.25, -0.2) is 9.66 Å². The van der Waals surface area contributed by atoms with E-state index in [9.17, 15) is 0 Å². The van der Waals surface area contributed by atoms with Crippen LogP contribution in [0.5, 0.6) is 0 Å². The van der Waals surface area contributed by atoms with E-state index in [1.165, 1.54) is 28.0 Å². The smallest absolute Gasteiger partial charge is 0.216 e. The van der Waals surface area contributed by atoms with Gasteiger partial charge in [0, 0.05) is 5.92 Å². The van der Waals surface area contributed by atoms with E-state index in [-0.39, 0.29) is 0 Å². The monoisotopic (exact) mass is 256 g/mol. The lowest BCUT2D eigenvalue weighted by molar-refractivity contribution is 0.787. The van der Waals surface area contributed by atoms with E-state index in [1.807, 2.05) is 0 Å². The molecular weight excluding hydrogens is 244 g/mol. The van der Waals surface area contributed by atoms with Gasteiger partial charge in [-0.1, -0.05) is 13.8 Å². The van der Waals surface area contributed by atoms with Gasteiger partial charge < -0.3 is 5.84 Å². The number of nitrogens with zero attached hydrogens (tertiary/aromatic N) is 5. The minimum absolute atomic E-state index is 0.336. The van der Waals surface area contributed by atoms with Crippen molar-refractivity contribution in [2.24, 2.45) is 0 Å². The summed E-state index contributed by atoms with van der Waals surface area (Å²) < 4.78 is 6.54. The van der Waals surface area contributed by atoms with Gasteiger partial charge in [0.25, 0.3) is 0 Å². The van der Waals surface area contributed by atoms with Gasteiger partial charge in [-0.2, -0.15) is 4.37 Å². The molecule has 0 amide bonds. The lowest BCUT2D eigenvalue weighted by Crippen LogP contribution is -2.11. The Morgan fingerprint density at radius 2 is 2.12 bits per heavy atom. The number of aromatic nitrogens is 5. The second kappa shape index (κ2) is 4.38. The van der Waals surface area contributed by atoms with Crippen LogP contribution >= 0.6 is 23.3 Å². The number of nitrogens with two attached hydrogens (primary N) is 1. The van der Waals surface area contributed by atoms with Crippen molar-refractivity contribution in [1.29, 1.82) is 0 Å². The Morgan fingerprint density at radius 3 is 2.62 bits per heavy atom. The molecule has 2 rings (SSSR count). The first-order valence-electron chi connectivity index (χ1n) is 4.76. The number of hydrogen-bond acceptors (Lipinski definition) is 7. The first kappa shape index (κ1) is 11.3. The molecule has 86 valence electrons. The first-order chi connectivity index (χ1) is 7.58. The van der Waals surface area contributed by atoms with E-state index in [0.29, 0.717) is 16.9 Å². The number of nitrogen functional groups attached to an aromatic ring is 1. The average molecular weight is 256 g/mol. The molecule has 2 aromatic rings. The largest absolute Gasteiger partial charge is 0.336 e. The summed E-state index contributed by atoms with van der Waals surface area (Å²) >= 11 is 2.74. The normalized spacial score (nSPS) is 11.2. The van der Waals surface area contributed by atoms with Crippen LogP contribution in [0.3, 0.4) is 0 Å². The van der Waals surface area contributed by atoms with Crippen LogP contribution in [0.25, 0.3) is 0 Å². The Hall–Kier alpha value is -1.15. The third-order valence-electron chi connectivity index (χ3n) is 1.95. The summed E-state index contributed by atoms with van der Waals surface area (Å²) in [6.07, 6.45) is 0. The van der Waals surface area contributed by atoms with E-state index in [1.54, 1.807) is 6.92 Å². The molecule has 0 unspecified atom stereocenters. The molecule has 6 nitrogen and oxygen atoms in total. The number of aryl methyl sites for hydroxylation is 1. The van der Waals surface area contributed by atoms with Gasteiger partial charge in [-0.3, -0.25) is 0 Å².